The summed E-state index contributed by atoms with van der Waals surface area (Å²) in [5, 5.41) is 16.9. The third-order valence-corrected chi connectivity index (χ3v) is 5.50. The molecule has 5 aromatic rings. The lowest BCUT2D eigenvalue weighted by Crippen LogP contribution is -2.13. The van der Waals surface area contributed by atoms with Crippen LogP contribution in [0.15, 0.2) is 61.3 Å². The highest BCUT2D eigenvalue weighted by molar-refractivity contribution is 6.13. The zero-order valence-electron chi connectivity index (χ0n) is 18.7. The zero-order chi connectivity index (χ0) is 22.9. The van der Waals surface area contributed by atoms with Gasteiger partial charge < -0.3 is 5.32 Å². The average molecular weight is 441 g/mol. The minimum atomic E-state index is -0.213. The van der Waals surface area contributed by atoms with E-state index in [0.29, 0.717) is 23.5 Å². The van der Waals surface area contributed by atoms with E-state index in [4.69, 9.17) is 4.98 Å². The predicted octanol–water partition coefficient (Wildman–Crippen LogP) is 3.66. The van der Waals surface area contributed by atoms with Crippen molar-refractivity contribution in [1.29, 1.82) is 0 Å². The lowest BCUT2D eigenvalue weighted by molar-refractivity contribution is 0.102. The molecule has 166 valence electrons. The van der Waals surface area contributed by atoms with E-state index in [0.717, 1.165) is 34.3 Å². The highest BCUT2D eigenvalue weighted by atomic mass is 16.1. The zero-order valence-corrected chi connectivity index (χ0v) is 18.7. The van der Waals surface area contributed by atoms with Crippen LogP contribution in [0.3, 0.4) is 0 Å². The molecule has 33 heavy (non-hydrogen) atoms. The van der Waals surface area contributed by atoms with Crippen LogP contribution in [0.1, 0.15) is 28.5 Å². The number of fused-ring (bicyclic) bond motifs is 1. The Hall–Kier alpha value is -4.27. The average Bonchev–Trinajstić information content (AvgIpc) is 3.53. The summed E-state index contributed by atoms with van der Waals surface area (Å²) in [6.07, 6.45) is 9.20. The molecule has 4 aromatic heterocycles. The Kier molecular flexibility index (Phi) is 5.21. The van der Waals surface area contributed by atoms with Crippen LogP contribution in [-0.4, -0.2) is 40.2 Å². The maximum Gasteiger partial charge on any atom is 0.256 e. The number of aromatic nitrogens is 7. The van der Waals surface area contributed by atoms with Crippen molar-refractivity contribution in [2.75, 3.05) is 5.32 Å². The van der Waals surface area contributed by atoms with Crippen LogP contribution in [0, 0.1) is 6.92 Å². The minimum absolute atomic E-state index is 0.213. The molecule has 9 nitrogen and oxygen atoms in total. The van der Waals surface area contributed by atoms with E-state index in [2.05, 4.69) is 20.6 Å². The van der Waals surface area contributed by atoms with Crippen molar-refractivity contribution in [3.63, 3.8) is 0 Å². The van der Waals surface area contributed by atoms with Crippen molar-refractivity contribution in [3.05, 3.63) is 78.1 Å². The highest BCUT2D eigenvalue weighted by Crippen LogP contribution is 2.27. The van der Waals surface area contributed by atoms with Gasteiger partial charge in [0, 0.05) is 48.7 Å². The summed E-state index contributed by atoms with van der Waals surface area (Å²) in [7, 11) is 1.87. The van der Waals surface area contributed by atoms with E-state index in [-0.39, 0.29) is 5.91 Å². The van der Waals surface area contributed by atoms with Gasteiger partial charge in [0.1, 0.15) is 0 Å². The molecule has 0 aliphatic rings. The summed E-state index contributed by atoms with van der Waals surface area (Å²) >= 11 is 0. The van der Waals surface area contributed by atoms with E-state index in [9.17, 15) is 4.79 Å². The third kappa shape index (κ3) is 4.12. The fourth-order valence-electron chi connectivity index (χ4n) is 3.91. The van der Waals surface area contributed by atoms with Gasteiger partial charge in [-0.05, 0) is 26.0 Å². The number of pyridine rings is 1. The molecule has 0 atom stereocenters. The number of carbonyl (C=O) groups is 1. The van der Waals surface area contributed by atoms with Crippen molar-refractivity contribution in [2.24, 2.45) is 7.05 Å². The monoisotopic (exact) mass is 440 g/mol. The van der Waals surface area contributed by atoms with Crippen LogP contribution in [0.5, 0.6) is 0 Å². The number of anilines is 1. The Morgan fingerprint density at radius 3 is 2.64 bits per heavy atom. The van der Waals surface area contributed by atoms with Crippen LogP contribution < -0.4 is 5.32 Å². The number of nitrogens with one attached hydrogen (secondary N) is 1. The van der Waals surface area contributed by atoms with Gasteiger partial charge in [-0.25, -0.2) is 4.98 Å². The molecule has 0 spiro atoms. The van der Waals surface area contributed by atoms with Crippen LogP contribution in [0.4, 0.5) is 5.69 Å². The number of aryl methyl sites for hydroxylation is 3. The Morgan fingerprint density at radius 1 is 1.06 bits per heavy atom. The van der Waals surface area contributed by atoms with Crippen molar-refractivity contribution in [2.45, 2.75) is 26.9 Å². The van der Waals surface area contributed by atoms with E-state index in [1.54, 1.807) is 15.6 Å². The standard InChI is InChI=1S/C24H24N8O/c1-4-31-12-17(10-25-31)13-32-14-18(11-26-32)27-24(33)20-9-23(21-15-30(3)29-16(21)2)28-22-8-6-5-7-19(20)22/h5-12,14-15H,4,13H2,1-3H3,(H,27,33). The van der Waals surface area contributed by atoms with Gasteiger partial charge >= 0.3 is 0 Å². The summed E-state index contributed by atoms with van der Waals surface area (Å²) in [4.78, 5) is 18.1. The number of amides is 1. The van der Waals surface area contributed by atoms with Gasteiger partial charge in [-0.2, -0.15) is 15.3 Å². The predicted molar refractivity (Wildman–Crippen MR) is 126 cm³/mol. The molecule has 0 aliphatic carbocycles. The van der Waals surface area contributed by atoms with E-state index >= 15 is 0 Å². The number of benzene rings is 1. The van der Waals surface area contributed by atoms with Crippen LogP contribution in [0.2, 0.25) is 0 Å². The molecule has 0 radical (unpaired) electrons. The smallest absolute Gasteiger partial charge is 0.256 e. The molecule has 9 heteroatoms. The maximum atomic E-state index is 13.3. The van der Waals surface area contributed by atoms with E-state index in [1.165, 1.54) is 0 Å². The van der Waals surface area contributed by atoms with Gasteiger partial charge in [0.15, 0.2) is 0 Å². The van der Waals surface area contributed by atoms with E-state index < -0.39 is 0 Å². The second-order valence-corrected chi connectivity index (χ2v) is 7.96. The number of hydrogen-bond donors (Lipinski definition) is 1. The number of hydrogen-bond acceptors (Lipinski definition) is 5. The van der Waals surface area contributed by atoms with Crippen molar-refractivity contribution in [3.8, 4) is 11.3 Å². The van der Waals surface area contributed by atoms with Crippen molar-refractivity contribution < 1.29 is 4.79 Å². The Labute approximate surface area is 190 Å². The summed E-state index contributed by atoms with van der Waals surface area (Å²) < 4.78 is 5.40. The Balaban J connectivity index is 1.43. The van der Waals surface area contributed by atoms with Gasteiger partial charge in [0.05, 0.1) is 47.1 Å². The first-order valence-electron chi connectivity index (χ1n) is 10.8. The van der Waals surface area contributed by atoms with Gasteiger partial charge in [0.2, 0.25) is 0 Å². The molecule has 0 saturated heterocycles. The molecule has 5 rings (SSSR count). The lowest BCUT2D eigenvalue weighted by atomic mass is 10.0. The quantitative estimate of drug-likeness (QED) is 0.435. The molecular weight excluding hydrogens is 416 g/mol. The van der Waals surface area contributed by atoms with Crippen molar-refractivity contribution in [1.82, 2.24) is 34.3 Å². The summed E-state index contributed by atoms with van der Waals surface area (Å²) in [6, 6.07) is 9.47. The fourth-order valence-corrected chi connectivity index (χ4v) is 3.91. The van der Waals surface area contributed by atoms with Crippen molar-refractivity contribution >= 4 is 22.5 Å². The number of carbonyl (C=O) groups excluding carboxylic acids is 1. The maximum absolute atomic E-state index is 13.3. The molecule has 1 amide bonds. The summed E-state index contributed by atoms with van der Waals surface area (Å²) in [5.41, 5.74) is 5.46. The van der Waals surface area contributed by atoms with Crippen LogP contribution in [-0.2, 0) is 20.1 Å². The first-order valence-corrected chi connectivity index (χ1v) is 10.8. The van der Waals surface area contributed by atoms with Gasteiger partial charge in [0.25, 0.3) is 5.91 Å². The van der Waals surface area contributed by atoms with Gasteiger partial charge in [-0.1, -0.05) is 18.2 Å². The molecule has 0 bridgehead atoms. The first kappa shape index (κ1) is 20.6. The number of rotatable bonds is 6. The van der Waals surface area contributed by atoms with E-state index in [1.807, 2.05) is 80.7 Å². The molecule has 0 aliphatic heterocycles. The SMILES string of the molecule is CCn1cc(Cn2cc(NC(=O)c3cc(-c4cn(C)nc4C)nc4ccccc34)cn2)cn1. The topological polar surface area (TPSA) is 95.5 Å². The highest BCUT2D eigenvalue weighted by Gasteiger charge is 2.17. The Bertz CT molecular complexity index is 1460. The second-order valence-electron chi connectivity index (χ2n) is 7.96. The molecule has 1 N–H and O–H groups in total. The van der Waals surface area contributed by atoms with Gasteiger partial charge in [-0.15, -0.1) is 0 Å². The second kappa shape index (κ2) is 8.34. The fraction of sp³-hybridized carbons (Fsp3) is 0.208. The normalized spacial score (nSPS) is 11.2. The molecular formula is C24H24N8O. The molecule has 1 aromatic carbocycles. The first-order chi connectivity index (χ1) is 16.0. The largest absolute Gasteiger partial charge is 0.319 e. The third-order valence-electron chi connectivity index (χ3n) is 5.50. The van der Waals surface area contributed by atoms with Gasteiger partial charge in [-0.3, -0.25) is 18.8 Å². The number of nitrogens with zero attached hydrogens (tertiary/aromatic N) is 7. The number of para-hydroxylation sites is 1. The summed E-state index contributed by atoms with van der Waals surface area (Å²) in [6.45, 7) is 5.38. The molecule has 0 fully saturated rings. The lowest BCUT2D eigenvalue weighted by Gasteiger charge is -2.09. The minimum Gasteiger partial charge on any atom is -0.319 e. The molecule has 0 unspecified atom stereocenters. The Morgan fingerprint density at radius 2 is 1.88 bits per heavy atom. The van der Waals surface area contributed by atoms with Crippen LogP contribution >= 0.6 is 0 Å². The summed E-state index contributed by atoms with van der Waals surface area (Å²) in [5.74, 6) is -0.213. The molecule has 4 heterocycles. The molecule has 0 saturated carbocycles. The van der Waals surface area contributed by atoms with Crippen LogP contribution in [0.25, 0.3) is 22.2 Å².